The number of carbonyl (C=O) groups is 1. The van der Waals surface area contributed by atoms with Crippen LogP contribution in [0.2, 0.25) is 0 Å². The summed E-state index contributed by atoms with van der Waals surface area (Å²) in [5.74, 6) is 0.304. The Balaban J connectivity index is 2.18. The van der Waals surface area contributed by atoms with Gasteiger partial charge in [-0.3, -0.25) is 4.79 Å². The van der Waals surface area contributed by atoms with Gasteiger partial charge in [-0.25, -0.2) is 0 Å². The molecule has 0 saturated heterocycles. The molecule has 0 radical (unpaired) electrons. The molecule has 1 aromatic carbocycles. The van der Waals surface area contributed by atoms with Gasteiger partial charge < -0.3 is 5.11 Å². The van der Waals surface area contributed by atoms with Gasteiger partial charge in [0, 0.05) is 6.42 Å². The zero-order valence-corrected chi connectivity index (χ0v) is 11.5. The van der Waals surface area contributed by atoms with Crippen molar-refractivity contribution in [2.75, 3.05) is 0 Å². The van der Waals surface area contributed by atoms with E-state index < -0.39 is 5.97 Å². The van der Waals surface area contributed by atoms with Gasteiger partial charge in [-0.2, -0.15) is 0 Å². The number of aliphatic carboxylic acids is 1. The fourth-order valence-electron chi connectivity index (χ4n) is 2.99. The summed E-state index contributed by atoms with van der Waals surface area (Å²) in [5.41, 5.74) is 5.26. The summed E-state index contributed by atoms with van der Waals surface area (Å²) in [6.45, 7) is 6.39. The van der Waals surface area contributed by atoms with Gasteiger partial charge in [0.25, 0.3) is 0 Å². The highest BCUT2D eigenvalue weighted by molar-refractivity contribution is 5.67. The summed E-state index contributed by atoms with van der Waals surface area (Å²) in [6, 6.07) is 4.40. The first kappa shape index (κ1) is 13.1. The van der Waals surface area contributed by atoms with E-state index in [2.05, 4.69) is 32.9 Å². The van der Waals surface area contributed by atoms with Gasteiger partial charge >= 0.3 is 5.97 Å². The van der Waals surface area contributed by atoms with Crippen molar-refractivity contribution in [2.45, 2.75) is 46.5 Å². The summed E-state index contributed by atoms with van der Waals surface area (Å²) in [6.07, 6.45) is 3.66. The number of carboxylic acid groups (broad SMARTS) is 1. The number of rotatable bonds is 5. The van der Waals surface area contributed by atoms with Crippen LogP contribution in [0, 0.1) is 32.6 Å². The average Bonchev–Trinajstić information content (AvgIpc) is 3.04. The first-order valence-electron chi connectivity index (χ1n) is 6.76. The minimum absolute atomic E-state index is 0.317. The molecule has 1 saturated carbocycles. The molecule has 1 fully saturated rings. The molecule has 0 spiro atoms. The fourth-order valence-corrected chi connectivity index (χ4v) is 2.99. The van der Waals surface area contributed by atoms with Gasteiger partial charge in [0.05, 0.1) is 0 Å². The van der Waals surface area contributed by atoms with Crippen LogP contribution in [0.1, 0.15) is 41.5 Å². The predicted octanol–water partition coefficient (Wildman–Crippen LogP) is 3.66. The SMILES string of the molecule is Cc1cc(C)c(CC(CC(=O)O)C2CC2)c(C)c1. The molecule has 1 N–H and O–H groups in total. The van der Waals surface area contributed by atoms with Crippen molar-refractivity contribution < 1.29 is 9.90 Å². The average molecular weight is 246 g/mol. The lowest BCUT2D eigenvalue weighted by Gasteiger charge is -2.18. The maximum atomic E-state index is 11.0. The van der Waals surface area contributed by atoms with Crippen molar-refractivity contribution in [2.24, 2.45) is 11.8 Å². The van der Waals surface area contributed by atoms with Gasteiger partial charge in [-0.1, -0.05) is 17.7 Å². The molecule has 1 aromatic rings. The largest absolute Gasteiger partial charge is 0.481 e. The van der Waals surface area contributed by atoms with Crippen LogP contribution in [0.25, 0.3) is 0 Å². The van der Waals surface area contributed by atoms with Crippen LogP contribution in [-0.4, -0.2) is 11.1 Å². The Hall–Kier alpha value is -1.31. The molecule has 98 valence electrons. The minimum atomic E-state index is -0.658. The summed E-state index contributed by atoms with van der Waals surface area (Å²) in [5, 5.41) is 9.02. The Kier molecular flexibility index (Phi) is 3.74. The van der Waals surface area contributed by atoms with E-state index in [4.69, 9.17) is 5.11 Å². The lowest BCUT2D eigenvalue weighted by Crippen LogP contribution is -2.14. The van der Waals surface area contributed by atoms with Gasteiger partial charge in [0.15, 0.2) is 0 Å². The van der Waals surface area contributed by atoms with Crippen molar-refractivity contribution in [1.29, 1.82) is 0 Å². The zero-order valence-electron chi connectivity index (χ0n) is 11.5. The molecule has 1 aliphatic carbocycles. The molecule has 0 bridgehead atoms. The molecule has 1 aliphatic rings. The maximum absolute atomic E-state index is 11.0. The molecule has 18 heavy (non-hydrogen) atoms. The zero-order chi connectivity index (χ0) is 13.3. The molecular weight excluding hydrogens is 224 g/mol. The lowest BCUT2D eigenvalue weighted by atomic mass is 9.87. The van der Waals surface area contributed by atoms with Crippen LogP contribution in [-0.2, 0) is 11.2 Å². The number of hydrogen-bond acceptors (Lipinski definition) is 1. The van der Waals surface area contributed by atoms with Crippen LogP contribution in [0.3, 0.4) is 0 Å². The van der Waals surface area contributed by atoms with Crippen molar-refractivity contribution in [3.8, 4) is 0 Å². The molecule has 0 heterocycles. The Morgan fingerprint density at radius 2 is 1.83 bits per heavy atom. The molecule has 2 heteroatoms. The van der Waals surface area contributed by atoms with Crippen LogP contribution in [0.15, 0.2) is 12.1 Å². The summed E-state index contributed by atoms with van der Waals surface area (Å²) in [7, 11) is 0. The highest BCUT2D eigenvalue weighted by Crippen LogP contribution is 2.41. The molecular formula is C16H22O2. The minimum Gasteiger partial charge on any atom is -0.481 e. The Bertz CT molecular complexity index is 435. The summed E-state index contributed by atoms with van der Waals surface area (Å²) in [4.78, 5) is 11.0. The third kappa shape index (κ3) is 3.12. The van der Waals surface area contributed by atoms with Gasteiger partial charge in [-0.15, -0.1) is 0 Å². The number of benzene rings is 1. The third-order valence-electron chi connectivity index (χ3n) is 4.03. The summed E-state index contributed by atoms with van der Waals surface area (Å²) < 4.78 is 0. The first-order valence-corrected chi connectivity index (χ1v) is 6.76. The number of aryl methyl sites for hydroxylation is 3. The first-order chi connectivity index (χ1) is 8.47. The van der Waals surface area contributed by atoms with Crippen LogP contribution in [0.4, 0.5) is 0 Å². The van der Waals surface area contributed by atoms with E-state index >= 15 is 0 Å². The summed E-state index contributed by atoms with van der Waals surface area (Å²) >= 11 is 0. The normalized spacial score (nSPS) is 16.6. The second kappa shape index (κ2) is 5.13. The van der Waals surface area contributed by atoms with E-state index in [0.29, 0.717) is 18.3 Å². The van der Waals surface area contributed by atoms with E-state index in [1.807, 2.05) is 0 Å². The van der Waals surface area contributed by atoms with E-state index in [0.717, 1.165) is 6.42 Å². The van der Waals surface area contributed by atoms with E-state index in [-0.39, 0.29) is 0 Å². The van der Waals surface area contributed by atoms with E-state index in [1.165, 1.54) is 35.1 Å². The van der Waals surface area contributed by atoms with Gasteiger partial charge in [0.1, 0.15) is 0 Å². The van der Waals surface area contributed by atoms with Crippen LogP contribution >= 0.6 is 0 Å². The molecule has 1 atom stereocenters. The smallest absolute Gasteiger partial charge is 0.303 e. The Morgan fingerprint density at radius 3 is 2.28 bits per heavy atom. The monoisotopic (exact) mass is 246 g/mol. The standard InChI is InChI=1S/C16H22O2/c1-10-6-11(2)15(12(3)7-10)8-14(9-16(17)18)13-4-5-13/h6-7,13-14H,4-5,8-9H2,1-3H3,(H,17,18). The van der Waals surface area contributed by atoms with Crippen LogP contribution in [0.5, 0.6) is 0 Å². The van der Waals surface area contributed by atoms with Gasteiger partial charge in [-0.05, 0) is 68.6 Å². The third-order valence-corrected chi connectivity index (χ3v) is 4.03. The molecule has 2 rings (SSSR count). The topological polar surface area (TPSA) is 37.3 Å². The molecule has 0 aliphatic heterocycles. The van der Waals surface area contributed by atoms with Crippen molar-refractivity contribution >= 4 is 5.97 Å². The maximum Gasteiger partial charge on any atom is 0.303 e. The van der Waals surface area contributed by atoms with Crippen LogP contribution < -0.4 is 0 Å². The van der Waals surface area contributed by atoms with E-state index in [1.54, 1.807) is 0 Å². The Morgan fingerprint density at radius 1 is 1.28 bits per heavy atom. The highest BCUT2D eigenvalue weighted by Gasteiger charge is 2.33. The lowest BCUT2D eigenvalue weighted by molar-refractivity contribution is -0.138. The molecule has 2 nitrogen and oxygen atoms in total. The Labute approximate surface area is 109 Å². The molecule has 0 amide bonds. The molecule has 1 unspecified atom stereocenters. The highest BCUT2D eigenvalue weighted by atomic mass is 16.4. The number of hydrogen-bond donors (Lipinski definition) is 1. The second-order valence-corrected chi connectivity index (χ2v) is 5.78. The molecule has 0 aromatic heterocycles. The number of carboxylic acids is 1. The second-order valence-electron chi connectivity index (χ2n) is 5.78. The van der Waals surface area contributed by atoms with Crippen molar-refractivity contribution in [3.63, 3.8) is 0 Å². The van der Waals surface area contributed by atoms with Crippen molar-refractivity contribution in [1.82, 2.24) is 0 Å². The van der Waals surface area contributed by atoms with Gasteiger partial charge in [0.2, 0.25) is 0 Å². The predicted molar refractivity (Wildman–Crippen MR) is 72.8 cm³/mol. The fraction of sp³-hybridized carbons (Fsp3) is 0.562. The van der Waals surface area contributed by atoms with E-state index in [9.17, 15) is 4.79 Å². The quantitative estimate of drug-likeness (QED) is 0.861. The van der Waals surface area contributed by atoms with Crippen molar-refractivity contribution in [3.05, 3.63) is 34.4 Å².